The third-order valence-corrected chi connectivity index (χ3v) is 4.09. The van der Waals surface area contributed by atoms with Crippen LogP contribution in [0.3, 0.4) is 0 Å². The van der Waals surface area contributed by atoms with Crippen LogP contribution in [0.4, 0.5) is 0 Å². The quantitative estimate of drug-likeness (QED) is 0.855. The number of halogens is 1. The Kier molecular flexibility index (Phi) is 5.83. The summed E-state index contributed by atoms with van der Waals surface area (Å²) in [5.41, 5.74) is 0.965. The third-order valence-electron chi connectivity index (χ3n) is 3.84. The number of piperazine rings is 1. The zero-order valence-corrected chi connectivity index (χ0v) is 14.0. The molecule has 0 radical (unpaired) electrons. The Morgan fingerprint density at radius 1 is 1.00 bits per heavy atom. The molecule has 1 aliphatic rings. The van der Waals surface area contributed by atoms with Crippen LogP contribution in [-0.4, -0.2) is 47.8 Å². The minimum atomic E-state index is 0.110. The molecule has 0 atom stereocenters. The number of carbonyl (C=O) groups excluding carboxylic acids is 2. The number of hydrogen-bond acceptors (Lipinski definition) is 2. The molecule has 22 heavy (non-hydrogen) atoms. The lowest BCUT2D eigenvalue weighted by atomic mass is 10.1. The predicted octanol–water partition coefficient (Wildman–Crippen LogP) is 2.60. The molecule has 1 saturated heterocycles. The summed E-state index contributed by atoms with van der Waals surface area (Å²) in [5, 5.41) is 0.675. The first-order valence-corrected chi connectivity index (χ1v) is 8.13. The van der Waals surface area contributed by atoms with Crippen molar-refractivity contribution >= 4 is 23.4 Å². The van der Waals surface area contributed by atoms with Gasteiger partial charge in [0, 0.05) is 37.6 Å². The third kappa shape index (κ3) is 4.73. The van der Waals surface area contributed by atoms with E-state index in [1.165, 1.54) is 0 Å². The van der Waals surface area contributed by atoms with Crippen LogP contribution in [0.25, 0.3) is 0 Å². The topological polar surface area (TPSA) is 40.6 Å². The number of carbonyl (C=O) groups is 2. The highest BCUT2D eigenvalue weighted by atomic mass is 35.5. The first kappa shape index (κ1) is 16.8. The van der Waals surface area contributed by atoms with Crippen molar-refractivity contribution in [3.8, 4) is 0 Å². The molecule has 120 valence electrons. The SMILES string of the molecule is CC(C)CC(=O)N1CCN(C(=O)Cc2ccc(Cl)cc2)CC1. The minimum Gasteiger partial charge on any atom is -0.339 e. The van der Waals surface area contributed by atoms with Gasteiger partial charge in [-0.3, -0.25) is 9.59 Å². The maximum absolute atomic E-state index is 12.3. The van der Waals surface area contributed by atoms with Gasteiger partial charge in [-0.25, -0.2) is 0 Å². The first-order chi connectivity index (χ1) is 10.5. The second-order valence-corrected chi connectivity index (χ2v) is 6.60. The molecular weight excluding hydrogens is 300 g/mol. The second kappa shape index (κ2) is 7.63. The highest BCUT2D eigenvalue weighted by molar-refractivity contribution is 6.30. The van der Waals surface area contributed by atoms with Crippen molar-refractivity contribution in [2.45, 2.75) is 26.7 Å². The lowest BCUT2D eigenvalue weighted by molar-refractivity contribution is -0.139. The molecule has 0 unspecified atom stereocenters. The maximum Gasteiger partial charge on any atom is 0.227 e. The second-order valence-electron chi connectivity index (χ2n) is 6.16. The summed E-state index contributed by atoms with van der Waals surface area (Å²) < 4.78 is 0. The monoisotopic (exact) mass is 322 g/mol. The number of amides is 2. The highest BCUT2D eigenvalue weighted by Gasteiger charge is 2.24. The summed E-state index contributed by atoms with van der Waals surface area (Å²) in [7, 11) is 0. The van der Waals surface area contributed by atoms with E-state index in [9.17, 15) is 9.59 Å². The molecule has 2 amide bonds. The van der Waals surface area contributed by atoms with Gasteiger partial charge in [0.1, 0.15) is 0 Å². The van der Waals surface area contributed by atoms with E-state index < -0.39 is 0 Å². The van der Waals surface area contributed by atoms with E-state index in [4.69, 9.17) is 11.6 Å². The molecule has 0 aliphatic carbocycles. The number of benzene rings is 1. The van der Waals surface area contributed by atoms with Crippen LogP contribution >= 0.6 is 11.6 Å². The van der Waals surface area contributed by atoms with Gasteiger partial charge < -0.3 is 9.80 Å². The van der Waals surface area contributed by atoms with Crippen molar-refractivity contribution in [2.75, 3.05) is 26.2 Å². The summed E-state index contributed by atoms with van der Waals surface area (Å²) >= 11 is 5.85. The molecule has 1 aromatic rings. The molecule has 5 heteroatoms. The van der Waals surface area contributed by atoms with Crippen LogP contribution in [0.2, 0.25) is 5.02 Å². The molecule has 1 aromatic carbocycles. The average molecular weight is 323 g/mol. The van der Waals surface area contributed by atoms with E-state index in [2.05, 4.69) is 0 Å². The molecule has 1 aliphatic heterocycles. The summed E-state index contributed by atoms with van der Waals surface area (Å²) in [6.07, 6.45) is 0.968. The van der Waals surface area contributed by atoms with E-state index in [-0.39, 0.29) is 11.8 Å². The van der Waals surface area contributed by atoms with Crippen molar-refractivity contribution in [3.63, 3.8) is 0 Å². The van der Waals surface area contributed by atoms with Gasteiger partial charge in [-0.1, -0.05) is 37.6 Å². The zero-order valence-electron chi connectivity index (χ0n) is 13.2. The fraction of sp³-hybridized carbons (Fsp3) is 0.529. The highest BCUT2D eigenvalue weighted by Crippen LogP contribution is 2.12. The Balaban J connectivity index is 1.82. The largest absolute Gasteiger partial charge is 0.339 e. The van der Waals surface area contributed by atoms with Crippen LogP contribution in [-0.2, 0) is 16.0 Å². The smallest absolute Gasteiger partial charge is 0.227 e. The van der Waals surface area contributed by atoms with Gasteiger partial charge in [-0.2, -0.15) is 0 Å². The molecule has 0 spiro atoms. The molecule has 0 aromatic heterocycles. The molecule has 0 saturated carbocycles. The van der Waals surface area contributed by atoms with E-state index in [0.29, 0.717) is 50.0 Å². The maximum atomic E-state index is 12.3. The number of rotatable bonds is 4. The lowest BCUT2D eigenvalue weighted by Gasteiger charge is -2.35. The zero-order chi connectivity index (χ0) is 16.1. The standard InChI is InChI=1S/C17H23ClN2O2/c1-13(2)11-16(21)19-7-9-20(10-8-19)17(22)12-14-3-5-15(18)6-4-14/h3-6,13H,7-12H2,1-2H3. The molecule has 1 heterocycles. The Hall–Kier alpha value is -1.55. The predicted molar refractivity (Wildman–Crippen MR) is 87.8 cm³/mol. The molecule has 1 fully saturated rings. The molecule has 4 nitrogen and oxygen atoms in total. The van der Waals surface area contributed by atoms with Gasteiger partial charge in [0.15, 0.2) is 0 Å². The normalized spacial score (nSPS) is 15.3. The summed E-state index contributed by atoms with van der Waals surface area (Å²) in [4.78, 5) is 28.0. The van der Waals surface area contributed by atoms with Crippen molar-refractivity contribution in [2.24, 2.45) is 5.92 Å². The first-order valence-electron chi connectivity index (χ1n) is 7.75. The van der Waals surface area contributed by atoms with E-state index in [1.54, 1.807) is 12.1 Å². The molecule has 0 N–H and O–H groups in total. The van der Waals surface area contributed by atoms with Crippen LogP contribution < -0.4 is 0 Å². The van der Waals surface area contributed by atoms with Gasteiger partial charge in [-0.15, -0.1) is 0 Å². The Bertz CT molecular complexity index is 520. The van der Waals surface area contributed by atoms with Gasteiger partial charge in [0.05, 0.1) is 6.42 Å². The van der Waals surface area contributed by atoms with Gasteiger partial charge in [0.25, 0.3) is 0 Å². The number of nitrogens with zero attached hydrogens (tertiary/aromatic N) is 2. The van der Waals surface area contributed by atoms with Crippen molar-refractivity contribution in [3.05, 3.63) is 34.9 Å². The van der Waals surface area contributed by atoms with Gasteiger partial charge in [0.2, 0.25) is 11.8 Å². The van der Waals surface area contributed by atoms with Crippen LogP contribution in [0.1, 0.15) is 25.8 Å². The minimum absolute atomic E-state index is 0.110. The average Bonchev–Trinajstić information content (AvgIpc) is 2.49. The van der Waals surface area contributed by atoms with Gasteiger partial charge in [-0.05, 0) is 23.6 Å². The fourth-order valence-electron chi connectivity index (χ4n) is 2.57. The Morgan fingerprint density at radius 2 is 1.50 bits per heavy atom. The molecular formula is C17H23ClN2O2. The Morgan fingerprint density at radius 3 is 2.00 bits per heavy atom. The van der Waals surface area contributed by atoms with E-state index in [0.717, 1.165) is 5.56 Å². The Labute approximate surface area is 137 Å². The van der Waals surface area contributed by atoms with Crippen molar-refractivity contribution in [1.29, 1.82) is 0 Å². The summed E-state index contributed by atoms with van der Waals surface area (Å²) in [6.45, 7) is 6.61. The van der Waals surface area contributed by atoms with Crippen molar-refractivity contribution in [1.82, 2.24) is 9.80 Å². The van der Waals surface area contributed by atoms with E-state index >= 15 is 0 Å². The lowest BCUT2D eigenvalue weighted by Crippen LogP contribution is -2.51. The number of hydrogen-bond donors (Lipinski definition) is 0. The van der Waals surface area contributed by atoms with Crippen molar-refractivity contribution < 1.29 is 9.59 Å². The van der Waals surface area contributed by atoms with E-state index in [1.807, 2.05) is 35.8 Å². The fourth-order valence-corrected chi connectivity index (χ4v) is 2.70. The summed E-state index contributed by atoms with van der Waals surface area (Å²) in [5.74, 6) is 0.676. The van der Waals surface area contributed by atoms with Crippen LogP contribution in [0.5, 0.6) is 0 Å². The van der Waals surface area contributed by atoms with Crippen LogP contribution in [0, 0.1) is 5.92 Å². The van der Waals surface area contributed by atoms with Gasteiger partial charge >= 0.3 is 0 Å². The summed E-state index contributed by atoms with van der Waals surface area (Å²) in [6, 6.07) is 7.35. The molecule has 2 rings (SSSR count). The van der Waals surface area contributed by atoms with Crippen LogP contribution in [0.15, 0.2) is 24.3 Å². The molecule has 0 bridgehead atoms.